The molecule has 1 heterocycles. The molecule has 19 heavy (non-hydrogen) atoms. The van der Waals surface area contributed by atoms with Gasteiger partial charge in [-0.3, -0.25) is 4.90 Å². The zero-order chi connectivity index (χ0) is 13.5. The molecule has 0 saturated carbocycles. The third kappa shape index (κ3) is 4.46. The van der Waals surface area contributed by atoms with Gasteiger partial charge < -0.3 is 9.84 Å². The molecule has 1 N–H and O–H groups in total. The van der Waals surface area contributed by atoms with Gasteiger partial charge in [0.1, 0.15) is 0 Å². The van der Waals surface area contributed by atoms with E-state index in [1.165, 1.54) is 5.56 Å². The maximum atomic E-state index is 9.96. The second kappa shape index (κ2) is 7.43. The minimum Gasteiger partial charge on any atom is -0.392 e. The van der Waals surface area contributed by atoms with E-state index in [9.17, 15) is 5.11 Å². The van der Waals surface area contributed by atoms with Crippen molar-refractivity contribution in [3.05, 3.63) is 48.6 Å². The molecule has 2 rings (SSSR count). The number of hydrogen-bond donors (Lipinski definition) is 1. The summed E-state index contributed by atoms with van der Waals surface area (Å²) in [5.74, 6) is 0. The summed E-state index contributed by atoms with van der Waals surface area (Å²) in [7, 11) is 0. The third-order valence-corrected chi connectivity index (χ3v) is 3.49. The van der Waals surface area contributed by atoms with Crippen molar-refractivity contribution in [3.63, 3.8) is 0 Å². The predicted octanol–water partition coefficient (Wildman–Crippen LogP) is 2.39. The van der Waals surface area contributed by atoms with Gasteiger partial charge in [0.15, 0.2) is 0 Å². The number of hydrogen-bond acceptors (Lipinski definition) is 3. The first-order chi connectivity index (χ1) is 9.29. The zero-order valence-electron chi connectivity index (χ0n) is 11.4. The molecule has 0 unspecified atom stereocenters. The lowest BCUT2D eigenvalue weighted by molar-refractivity contribution is -0.0426. The van der Waals surface area contributed by atoms with Gasteiger partial charge in [-0.2, -0.15) is 0 Å². The Bertz CT molecular complexity index is 380. The normalized spacial score (nSPS) is 22.1. The van der Waals surface area contributed by atoms with Crippen LogP contribution in [0.3, 0.4) is 0 Å². The molecule has 0 bridgehead atoms. The first kappa shape index (κ1) is 14.3. The second-order valence-electron chi connectivity index (χ2n) is 5.05. The fourth-order valence-corrected chi connectivity index (χ4v) is 2.44. The van der Waals surface area contributed by atoms with Crippen molar-refractivity contribution >= 4 is 0 Å². The van der Waals surface area contributed by atoms with E-state index in [1.54, 1.807) is 0 Å². The SMILES string of the molecule is C=CCC[C@H](O)CN1CCO[C@H](c2ccccc2)C1. The van der Waals surface area contributed by atoms with Gasteiger partial charge >= 0.3 is 0 Å². The van der Waals surface area contributed by atoms with Gasteiger partial charge in [0, 0.05) is 19.6 Å². The Hall–Kier alpha value is -1.16. The summed E-state index contributed by atoms with van der Waals surface area (Å²) >= 11 is 0. The van der Waals surface area contributed by atoms with Gasteiger partial charge in [-0.05, 0) is 18.4 Å². The monoisotopic (exact) mass is 261 g/mol. The highest BCUT2D eigenvalue weighted by molar-refractivity contribution is 5.18. The number of benzene rings is 1. The molecular weight excluding hydrogens is 238 g/mol. The largest absolute Gasteiger partial charge is 0.392 e. The molecule has 1 aromatic rings. The summed E-state index contributed by atoms with van der Waals surface area (Å²) in [6.07, 6.45) is 3.37. The Balaban J connectivity index is 1.85. The lowest BCUT2D eigenvalue weighted by atomic mass is 10.1. The molecule has 0 radical (unpaired) electrons. The zero-order valence-corrected chi connectivity index (χ0v) is 11.4. The number of allylic oxidation sites excluding steroid dienone is 1. The number of β-amino-alcohol motifs (C(OH)–C–C–N with tert-alkyl or cyclic N) is 1. The Morgan fingerprint density at radius 2 is 2.21 bits per heavy atom. The molecule has 104 valence electrons. The number of morpholine rings is 1. The topological polar surface area (TPSA) is 32.7 Å². The highest BCUT2D eigenvalue weighted by Crippen LogP contribution is 2.22. The van der Waals surface area contributed by atoms with Gasteiger partial charge in [-0.15, -0.1) is 6.58 Å². The van der Waals surface area contributed by atoms with Crippen LogP contribution < -0.4 is 0 Å². The van der Waals surface area contributed by atoms with Crippen LogP contribution in [0.4, 0.5) is 0 Å². The maximum Gasteiger partial charge on any atom is 0.0952 e. The van der Waals surface area contributed by atoms with Crippen molar-refractivity contribution in [2.24, 2.45) is 0 Å². The summed E-state index contributed by atoms with van der Waals surface area (Å²) in [6, 6.07) is 10.3. The van der Waals surface area contributed by atoms with E-state index >= 15 is 0 Å². The van der Waals surface area contributed by atoms with Crippen molar-refractivity contribution in [2.45, 2.75) is 25.0 Å². The Morgan fingerprint density at radius 1 is 1.42 bits per heavy atom. The van der Waals surface area contributed by atoms with Crippen LogP contribution in [0.25, 0.3) is 0 Å². The quantitative estimate of drug-likeness (QED) is 0.798. The second-order valence-corrected chi connectivity index (χ2v) is 5.05. The Kier molecular flexibility index (Phi) is 5.58. The average Bonchev–Trinajstić information content (AvgIpc) is 2.46. The van der Waals surface area contributed by atoms with Gasteiger partial charge in [-0.1, -0.05) is 36.4 Å². The van der Waals surface area contributed by atoms with Crippen molar-refractivity contribution in [1.29, 1.82) is 0 Å². The summed E-state index contributed by atoms with van der Waals surface area (Å²) in [4.78, 5) is 2.29. The number of aliphatic hydroxyl groups is 1. The molecule has 1 aliphatic rings. The Morgan fingerprint density at radius 3 is 2.95 bits per heavy atom. The molecule has 1 aliphatic heterocycles. The molecule has 0 aromatic heterocycles. The highest BCUT2D eigenvalue weighted by atomic mass is 16.5. The van der Waals surface area contributed by atoms with Crippen molar-refractivity contribution in [2.75, 3.05) is 26.2 Å². The van der Waals surface area contributed by atoms with E-state index in [4.69, 9.17) is 4.74 Å². The lowest BCUT2D eigenvalue weighted by Gasteiger charge is -2.34. The fourth-order valence-electron chi connectivity index (χ4n) is 2.44. The lowest BCUT2D eigenvalue weighted by Crippen LogP contribution is -2.42. The Labute approximate surface area is 115 Å². The number of ether oxygens (including phenoxy) is 1. The van der Waals surface area contributed by atoms with Crippen molar-refractivity contribution < 1.29 is 9.84 Å². The molecule has 0 aliphatic carbocycles. The minimum atomic E-state index is -0.271. The molecule has 0 amide bonds. The molecule has 3 heteroatoms. The van der Waals surface area contributed by atoms with E-state index in [2.05, 4.69) is 23.6 Å². The van der Waals surface area contributed by atoms with Crippen LogP contribution in [0.15, 0.2) is 43.0 Å². The van der Waals surface area contributed by atoms with Crippen LogP contribution in [0.1, 0.15) is 24.5 Å². The smallest absolute Gasteiger partial charge is 0.0952 e. The molecule has 1 aromatic carbocycles. The average molecular weight is 261 g/mol. The van der Waals surface area contributed by atoms with Crippen LogP contribution in [0.5, 0.6) is 0 Å². The summed E-state index contributed by atoms with van der Waals surface area (Å²) in [5.41, 5.74) is 1.22. The van der Waals surface area contributed by atoms with Gasteiger partial charge in [0.2, 0.25) is 0 Å². The first-order valence-electron chi connectivity index (χ1n) is 6.97. The molecule has 1 fully saturated rings. The molecule has 3 nitrogen and oxygen atoms in total. The molecule has 1 saturated heterocycles. The molecule has 2 atom stereocenters. The fraction of sp³-hybridized carbons (Fsp3) is 0.500. The highest BCUT2D eigenvalue weighted by Gasteiger charge is 2.23. The standard InChI is InChI=1S/C16H23NO2/c1-2-3-9-15(18)12-17-10-11-19-16(13-17)14-7-5-4-6-8-14/h2,4-8,15-16,18H,1,3,9-13H2/t15-,16-/m0/s1. The minimum absolute atomic E-state index is 0.126. The number of aliphatic hydroxyl groups excluding tert-OH is 1. The first-order valence-corrected chi connectivity index (χ1v) is 6.97. The molecular formula is C16H23NO2. The van der Waals surface area contributed by atoms with Crippen LogP contribution in [0.2, 0.25) is 0 Å². The van der Waals surface area contributed by atoms with Crippen LogP contribution in [-0.4, -0.2) is 42.4 Å². The maximum absolute atomic E-state index is 9.96. The van der Waals surface area contributed by atoms with E-state index in [0.29, 0.717) is 0 Å². The van der Waals surface area contributed by atoms with Crippen LogP contribution in [0, 0.1) is 0 Å². The summed E-state index contributed by atoms with van der Waals surface area (Å²) in [6.45, 7) is 6.89. The van der Waals surface area contributed by atoms with Gasteiger partial charge in [0.05, 0.1) is 18.8 Å². The van der Waals surface area contributed by atoms with Crippen LogP contribution >= 0.6 is 0 Å². The van der Waals surface area contributed by atoms with E-state index in [0.717, 1.165) is 39.1 Å². The molecule has 0 spiro atoms. The van der Waals surface area contributed by atoms with E-state index in [-0.39, 0.29) is 12.2 Å². The number of nitrogens with zero attached hydrogens (tertiary/aromatic N) is 1. The third-order valence-electron chi connectivity index (χ3n) is 3.49. The van der Waals surface area contributed by atoms with Gasteiger partial charge in [-0.25, -0.2) is 0 Å². The van der Waals surface area contributed by atoms with Crippen LogP contribution in [-0.2, 0) is 4.74 Å². The summed E-state index contributed by atoms with van der Waals surface area (Å²) < 4.78 is 5.82. The van der Waals surface area contributed by atoms with Crippen molar-refractivity contribution in [3.8, 4) is 0 Å². The van der Waals surface area contributed by atoms with Gasteiger partial charge in [0.25, 0.3) is 0 Å². The predicted molar refractivity (Wildman–Crippen MR) is 77.0 cm³/mol. The summed E-state index contributed by atoms with van der Waals surface area (Å²) in [5, 5.41) is 9.96. The number of rotatable bonds is 6. The van der Waals surface area contributed by atoms with E-state index < -0.39 is 0 Å². The van der Waals surface area contributed by atoms with E-state index in [1.807, 2.05) is 24.3 Å². The van der Waals surface area contributed by atoms with Crippen molar-refractivity contribution in [1.82, 2.24) is 4.90 Å².